The summed E-state index contributed by atoms with van der Waals surface area (Å²) in [4.78, 5) is 18.0. The summed E-state index contributed by atoms with van der Waals surface area (Å²) in [6, 6.07) is 5.57. The molecule has 3 aromatic rings. The van der Waals surface area contributed by atoms with E-state index < -0.39 is 0 Å². The fourth-order valence-electron chi connectivity index (χ4n) is 1.96. The van der Waals surface area contributed by atoms with Crippen LogP contribution in [-0.2, 0) is 0 Å². The van der Waals surface area contributed by atoms with Crippen LogP contribution in [0.15, 0.2) is 24.4 Å². The van der Waals surface area contributed by atoms with Gasteiger partial charge in [-0.3, -0.25) is 10.1 Å². The van der Waals surface area contributed by atoms with E-state index in [9.17, 15) is 4.79 Å². The van der Waals surface area contributed by atoms with Gasteiger partial charge in [0, 0.05) is 21.2 Å². The minimum atomic E-state index is -0.234. The zero-order valence-corrected chi connectivity index (χ0v) is 13.1. The summed E-state index contributed by atoms with van der Waals surface area (Å²) in [6.45, 7) is 1.94. The summed E-state index contributed by atoms with van der Waals surface area (Å²) in [7, 11) is 1.61. The molecule has 0 bridgehead atoms. The van der Waals surface area contributed by atoms with E-state index in [0.29, 0.717) is 15.7 Å². The molecule has 3 N–H and O–H groups in total. The number of nitrogens with one attached hydrogen (secondary N) is 1. The highest BCUT2D eigenvalue weighted by Gasteiger charge is 2.17. The van der Waals surface area contributed by atoms with E-state index in [1.165, 1.54) is 22.7 Å². The van der Waals surface area contributed by atoms with Crippen molar-refractivity contribution in [3.8, 4) is 5.75 Å². The predicted octanol–water partition coefficient (Wildman–Crippen LogP) is 3.51. The largest absolute Gasteiger partial charge is 0.497 e. The number of benzene rings is 1. The highest BCUT2D eigenvalue weighted by molar-refractivity contribution is 7.22. The summed E-state index contributed by atoms with van der Waals surface area (Å²) in [6.07, 6.45) is 1.72. The third-order valence-corrected chi connectivity index (χ3v) is 4.98. The van der Waals surface area contributed by atoms with Gasteiger partial charge in [0.1, 0.15) is 10.6 Å². The van der Waals surface area contributed by atoms with Gasteiger partial charge in [0.05, 0.1) is 12.8 Å². The first-order chi connectivity index (χ1) is 10.1. The standard InChI is InChI=1S/C14H13N3O2S2/c1-7-6-16-14(20-7)17-13(18)12-11(15)9-4-3-8(19-2)5-10(9)21-12/h3-6H,15H2,1-2H3,(H,16,17,18). The molecule has 0 aliphatic carbocycles. The fourth-order valence-corrected chi connectivity index (χ4v) is 3.67. The lowest BCUT2D eigenvalue weighted by molar-refractivity contribution is 0.103. The summed E-state index contributed by atoms with van der Waals surface area (Å²) in [5.74, 6) is 0.508. The Morgan fingerprint density at radius 3 is 2.86 bits per heavy atom. The van der Waals surface area contributed by atoms with Gasteiger partial charge >= 0.3 is 0 Å². The quantitative estimate of drug-likeness (QED) is 0.774. The number of ether oxygens (including phenoxy) is 1. The first kappa shape index (κ1) is 13.8. The Kier molecular flexibility index (Phi) is 3.52. The first-order valence-electron chi connectivity index (χ1n) is 6.18. The Morgan fingerprint density at radius 1 is 1.38 bits per heavy atom. The Hall–Kier alpha value is -2.12. The normalized spacial score (nSPS) is 10.8. The molecular formula is C14H13N3O2S2. The molecule has 0 spiro atoms. The second-order valence-corrected chi connectivity index (χ2v) is 6.72. The Labute approximate surface area is 129 Å². The van der Waals surface area contributed by atoms with Crippen molar-refractivity contribution in [1.29, 1.82) is 0 Å². The smallest absolute Gasteiger partial charge is 0.269 e. The number of thiazole rings is 1. The zero-order chi connectivity index (χ0) is 15.0. The van der Waals surface area contributed by atoms with Crippen molar-refractivity contribution in [3.05, 3.63) is 34.2 Å². The van der Waals surface area contributed by atoms with Crippen LogP contribution in [0.5, 0.6) is 5.75 Å². The molecule has 21 heavy (non-hydrogen) atoms. The molecule has 1 aromatic carbocycles. The molecule has 1 amide bonds. The van der Waals surface area contributed by atoms with E-state index >= 15 is 0 Å². The average Bonchev–Trinajstić information content (AvgIpc) is 3.02. The Morgan fingerprint density at radius 2 is 2.19 bits per heavy atom. The van der Waals surface area contributed by atoms with Crippen LogP contribution in [0.25, 0.3) is 10.1 Å². The van der Waals surface area contributed by atoms with Crippen LogP contribution in [0.4, 0.5) is 10.8 Å². The molecule has 2 heterocycles. The number of nitrogens with zero attached hydrogens (tertiary/aromatic N) is 1. The molecule has 0 saturated heterocycles. The fraction of sp³-hybridized carbons (Fsp3) is 0.143. The number of aromatic nitrogens is 1. The van der Waals surface area contributed by atoms with E-state index in [2.05, 4.69) is 10.3 Å². The SMILES string of the molecule is COc1ccc2c(N)c(C(=O)Nc3ncc(C)s3)sc2c1. The lowest BCUT2D eigenvalue weighted by atomic mass is 10.2. The molecule has 0 aliphatic heterocycles. The van der Waals surface area contributed by atoms with Crippen LogP contribution < -0.4 is 15.8 Å². The van der Waals surface area contributed by atoms with E-state index in [1.807, 2.05) is 25.1 Å². The monoisotopic (exact) mass is 319 g/mol. The van der Waals surface area contributed by atoms with Gasteiger partial charge in [-0.1, -0.05) is 0 Å². The van der Waals surface area contributed by atoms with Crippen molar-refractivity contribution >= 4 is 49.5 Å². The lowest BCUT2D eigenvalue weighted by Crippen LogP contribution is -2.11. The molecule has 0 atom stereocenters. The summed E-state index contributed by atoms with van der Waals surface area (Å²) < 4.78 is 6.11. The minimum absolute atomic E-state index is 0.234. The number of rotatable bonds is 3. The maximum absolute atomic E-state index is 12.3. The maximum atomic E-state index is 12.3. The highest BCUT2D eigenvalue weighted by Crippen LogP contribution is 2.36. The van der Waals surface area contributed by atoms with Crippen LogP contribution in [0.2, 0.25) is 0 Å². The van der Waals surface area contributed by atoms with Crippen LogP contribution >= 0.6 is 22.7 Å². The van der Waals surface area contributed by atoms with Crippen molar-refractivity contribution in [1.82, 2.24) is 4.98 Å². The number of anilines is 2. The first-order valence-corrected chi connectivity index (χ1v) is 7.81. The number of thiophene rings is 1. The summed E-state index contributed by atoms with van der Waals surface area (Å²) >= 11 is 2.78. The highest BCUT2D eigenvalue weighted by atomic mass is 32.1. The number of hydrogen-bond donors (Lipinski definition) is 2. The number of amides is 1. The number of fused-ring (bicyclic) bond motifs is 1. The lowest BCUT2D eigenvalue weighted by Gasteiger charge is -2.00. The summed E-state index contributed by atoms with van der Waals surface area (Å²) in [5, 5.41) is 4.22. The number of aryl methyl sites for hydroxylation is 1. The number of hydrogen-bond acceptors (Lipinski definition) is 6. The number of methoxy groups -OCH3 is 1. The van der Waals surface area contributed by atoms with Gasteiger partial charge in [0.2, 0.25) is 0 Å². The molecule has 5 nitrogen and oxygen atoms in total. The second-order valence-electron chi connectivity index (χ2n) is 4.44. The van der Waals surface area contributed by atoms with Gasteiger partial charge in [-0.15, -0.1) is 22.7 Å². The number of nitrogens with two attached hydrogens (primary N) is 1. The topological polar surface area (TPSA) is 77.2 Å². The van der Waals surface area contributed by atoms with Gasteiger partial charge in [-0.25, -0.2) is 4.98 Å². The molecular weight excluding hydrogens is 306 g/mol. The van der Waals surface area contributed by atoms with Gasteiger partial charge in [-0.2, -0.15) is 0 Å². The minimum Gasteiger partial charge on any atom is -0.497 e. The van der Waals surface area contributed by atoms with Gasteiger partial charge in [0.15, 0.2) is 5.13 Å². The van der Waals surface area contributed by atoms with Crippen LogP contribution in [0, 0.1) is 6.92 Å². The predicted molar refractivity (Wildman–Crippen MR) is 87.6 cm³/mol. The molecule has 7 heteroatoms. The van der Waals surface area contributed by atoms with Crippen molar-refractivity contribution in [3.63, 3.8) is 0 Å². The third-order valence-electron chi connectivity index (χ3n) is 2.98. The Balaban J connectivity index is 1.96. The molecule has 0 saturated carbocycles. The van der Waals surface area contributed by atoms with Crippen LogP contribution in [-0.4, -0.2) is 18.0 Å². The molecule has 0 fully saturated rings. The number of nitrogen functional groups attached to an aromatic ring is 1. The van der Waals surface area contributed by atoms with Crippen LogP contribution in [0.3, 0.4) is 0 Å². The molecule has 2 aromatic heterocycles. The molecule has 0 unspecified atom stereocenters. The van der Waals surface area contributed by atoms with Crippen molar-refractivity contribution < 1.29 is 9.53 Å². The number of carbonyl (C=O) groups is 1. The Bertz CT molecular complexity index is 823. The van der Waals surface area contributed by atoms with Crippen molar-refractivity contribution in [2.45, 2.75) is 6.92 Å². The summed E-state index contributed by atoms with van der Waals surface area (Å²) in [5.41, 5.74) is 6.57. The van der Waals surface area contributed by atoms with Crippen molar-refractivity contribution in [2.75, 3.05) is 18.2 Å². The van der Waals surface area contributed by atoms with Crippen molar-refractivity contribution in [2.24, 2.45) is 0 Å². The van der Waals surface area contributed by atoms with Gasteiger partial charge in [-0.05, 0) is 25.1 Å². The van der Waals surface area contributed by atoms with Crippen LogP contribution in [0.1, 0.15) is 14.5 Å². The number of carbonyl (C=O) groups excluding carboxylic acids is 1. The van der Waals surface area contributed by atoms with E-state index in [4.69, 9.17) is 10.5 Å². The molecule has 0 aliphatic rings. The average molecular weight is 319 g/mol. The van der Waals surface area contributed by atoms with E-state index in [1.54, 1.807) is 13.3 Å². The third kappa shape index (κ3) is 2.57. The van der Waals surface area contributed by atoms with E-state index in [0.717, 1.165) is 20.7 Å². The second kappa shape index (κ2) is 5.34. The van der Waals surface area contributed by atoms with Gasteiger partial charge < -0.3 is 10.5 Å². The maximum Gasteiger partial charge on any atom is 0.269 e. The zero-order valence-electron chi connectivity index (χ0n) is 11.5. The molecule has 3 rings (SSSR count). The molecule has 0 radical (unpaired) electrons. The van der Waals surface area contributed by atoms with E-state index in [-0.39, 0.29) is 5.91 Å². The molecule has 108 valence electrons. The van der Waals surface area contributed by atoms with Gasteiger partial charge in [0.25, 0.3) is 5.91 Å².